The topological polar surface area (TPSA) is 85.2 Å². The number of likely N-dealkylation sites (N-methyl/N-ethyl adjacent to an activating group) is 1. The first-order valence-electron chi connectivity index (χ1n) is 8.92. The molecule has 1 aliphatic carbocycles. The summed E-state index contributed by atoms with van der Waals surface area (Å²) in [5, 5.41) is 14.9. The van der Waals surface area contributed by atoms with Gasteiger partial charge in [-0.2, -0.15) is 5.26 Å². The third-order valence-corrected chi connectivity index (χ3v) is 4.63. The fourth-order valence-corrected chi connectivity index (χ4v) is 3.09. The van der Waals surface area contributed by atoms with Crippen LogP contribution in [-0.2, 0) is 16.1 Å². The van der Waals surface area contributed by atoms with Crippen LogP contribution < -0.4 is 10.6 Å². The molecule has 6 nitrogen and oxygen atoms in total. The second-order valence-electron chi connectivity index (χ2n) is 6.66. The molecule has 0 saturated heterocycles. The standard InChI is InChI=1S/C19H25FN4O2/c1-2-24(13-18(26)23-19(14-21)9-3-4-10-19)12-17(25)22-11-15-5-7-16(20)8-6-15/h5-8H,2-4,9-13H2,1H3,(H,22,25)(H,23,26). The highest BCUT2D eigenvalue weighted by Gasteiger charge is 2.35. The summed E-state index contributed by atoms with van der Waals surface area (Å²) in [6.45, 7) is 2.88. The van der Waals surface area contributed by atoms with E-state index in [0.717, 1.165) is 18.4 Å². The Balaban J connectivity index is 1.78. The van der Waals surface area contributed by atoms with E-state index in [1.807, 2.05) is 6.92 Å². The number of hydrogen-bond donors (Lipinski definition) is 2. The lowest BCUT2D eigenvalue weighted by molar-refractivity contribution is -0.125. The molecule has 1 aromatic carbocycles. The SMILES string of the molecule is CCN(CC(=O)NCc1ccc(F)cc1)CC(=O)NC1(C#N)CCCC1. The van der Waals surface area contributed by atoms with Crippen molar-refractivity contribution < 1.29 is 14.0 Å². The molecule has 0 heterocycles. The Morgan fingerprint density at radius 1 is 1.19 bits per heavy atom. The van der Waals surface area contributed by atoms with Gasteiger partial charge in [-0.1, -0.05) is 19.1 Å². The van der Waals surface area contributed by atoms with E-state index >= 15 is 0 Å². The van der Waals surface area contributed by atoms with Crippen molar-refractivity contribution in [2.45, 2.75) is 44.7 Å². The van der Waals surface area contributed by atoms with Crippen molar-refractivity contribution >= 4 is 11.8 Å². The van der Waals surface area contributed by atoms with Crippen molar-refractivity contribution in [2.75, 3.05) is 19.6 Å². The lowest BCUT2D eigenvalue weighted by atomic mass is 10.00. The Morgan fingerprint density at radius 3 is 2.38 bits per heavy atom. The highest BCUT2D eigenvalue weighted by atomic mass is 19.1. The van der Waals surface area contributed by atoms with E-state index in [9.17, 15) is 19.2 Å². The van der Waals surface area contributed by atoms with Crippen LogP contribution >= 0.6 is 0 Å². The first-order valence-corrected chi connectivity index (χ1v) is 8.92. The molecule has 1 aromatic rings. The van der Waals surface area contributed by atoms with Gasteiger partial charge in [0.2, 0.25) is 11.8 Å². The molecule has 0 bridgehead atoms. The molecule has 1 aliphatic rings. The lowest BCUT2D eigenvalue weighted by Gasteiger charge is -2.25. The molecule has 2 N–H and O–H groups in total. The number of nitriles is 1. The Hall–Kier alpha value is -2.46. The number of rotatable bonds is 8. The van der Waals surface area contributed by atoms with Crippen LogP contribution in [0.25, 0.3) is 0 Å². The molecule has 26 heavy (non-hydrogen) atoms. The Morgan fingerprint density at radius 2 is 1.81 bits per heavy atom. The average Bonchev–Trinajstić information content (AvgIpc) is 3.09. The summed E-state index contributed by atoms with van der Waals surface area (Å²) in [6.07, 6.45) is 3.24. The third kappa shape index (κ3) is 5.81. The number of benzene rings is 1. The van der Waals surface area contributed by atoms with Gasteiger partial charge in [-0.3, -0.25) is 14.5 Å². The van der Waals surface area contributed by atoms with Crippen LogP contribution in [0.5, 0.6) is 0 Å². The largest absolute Gasteiger partial charge is 0.351 e. The Labute approximate surface area is 153 Å². The van der Waals surface area contributed by atoms with Crippen LogP contribution in [-0.4, -0.2) is 41.9 Å². The van der Waals surface area contributed by atoms with Crippen LogP contribution in [0, 0.1) is 17.1 Å². The second-order valence-corrected chi connectivity index (χ2v) is 6.66. The van der Waals surface area contributed by atoms with Crippen molar-refractivity contribution in [1.29, 1.82) is 5.26 Å². The zero-order chi connectivity index (χ0) is 19.0. The molecule has 1 saturated carbocycles. The van der Waals surface area contributed by atoms with Crippen molar-refractivity contribution in [1.82, 2.24) is 15.5 Å². The maximum absolute atomic E-state index is 12.9. The Kier molecular flexibility index (Phi) is 7.10. The summed E-state index contributed by atoms with van der Waals surface area (Å²) in [6, 6.07) is 8.15. The van der Waals surface area contributed by atoms with Gasteiger partial charge in [0, 0.05) is 6.54 Å². The van der Waals surface area contributed by atoms with Gasteiger partial charge in [0.05, 0.1) is 19.2 Å². The number of halogens is 1. The van der Waals surface area contributed by atoms with Crippen molar-refractivity contribution in [3.8, 4) is 6.07 Å². The van der Waals surface area contributed by atoms with Crippen LogP contribution in [0.15, 0.2) is 24.3 Å². The maximum Gasteiger partial charge on any atom is 0.235 e. The molecule has 1 fully saturated rings. The predicted molar refractivity (Wildman–Crippen MR) is 95.3 cm³/mol. The number of amides is 2. The quantitative estimate of drug-likeness (QED) is 0.739. The van der Waals surface area contributed by atoms with Gasteiger partial charge < -0.3 is 10.6 Å². The number of nitrogens with one attached hydrogen (secondary N) is 2. The molecule has 2 rings (SSSR count). The molecule has 0 aliphatic heterocycles. The molecule has 0 radical (unpaired) electrons. The molecular formula is C19H25FN4O2. The predicted octanol–water partition coefficient (Wildman–Crippen LogP) is 1.72. The molecule has 0 unspecified atom stereocenters. The van der Waals surface area contributed by atoms with Gasteiger partial charge in [-0.25, -0.2) is 4.39 Å². The van der Waals surface area contributed by atoms with E-state index in [1.165, 1.54) is 12.1 Å². The van der Waals surface area contributed by atoms with E-state index in [4.69, 9.17) is 0 Å². The van der Waals surface area contributed by atoms with Crippen LogP contribution in [0.1, 0.15) is 38.2 Å². The van der Waals surface area contributed by atoms with Gasteiger partial charge in [-0.15, -0.1) is 0 Å². The van der Waals surface area contributed by atoms with Crippen molar-refractivity contribution in [3.05, 3.63) is 35.6 Å². The smallest absolute Gasteiger partial charge is 0.235 e. The van der Waals surface area contributed by atoms with Crippen LogP contribution in [0.3, 0.4) is 0 Å². The highest BCUT2D eigenvalue weighted by molar-refractivity contribution is 5.81. The van der Waals surface area contributed by atoms with E-state index < -0.39 is 5.54 Å². The molecule has 7 heteroatoms. The number of hydrogen-bond acceptors (Lipinski definition) is 4. The molecule has 0 spiro atoms. The average molecular weight is 360 g/mol. The summed E-state index contributed by atoms with van der Waals surface area (Å²) >= 11 is 0. The second kappa shape index (κ2) is 9.30. The van der Waals surface area contributed by atoms with Gasteiger partial charge in [-0.05, 0) is 49.9 Å². The zero-order valence-corrected chi connectivity index (χ0v) is 15.1. The molecule has 0 atom stereocenters. The summed E-state index contributed by atoms with van der Waals surface area (Å²) in [5.41, 5.74) is 0.0548. The first kappa shape index (κ1) is 19.9. The van der Waals surface area contributed by atoms with Gasteiger partial charge in [0.1, 0.15) is 11.4 Å². The van der Waals surface area contributed by atoms with Crippen LogP contribution in [0.2, 0.25) is 0 Å². The zero-order valence-electron chi connectivity index (χ0n) is 15.1. The highest BCUT2D eigenvalue weighted by Crippen LogP contribution is 2.28. The minimum absolute atomic E-state index is 0.0733. The first-order chi connectivity index (χ1) is 12.5. The van der Waals surface area contributed by atoms with E-state index in [0.29, 0.717) is 25.9 Å². The summed E-state index contributed by atoms with van der Waals surface area (Å²) in [4.78, 5) is 26.1. The molecule has 0 aromatic heterocycles. The molecular weight excluding hydrogens is 335 g/mol. The molecule has 2 amide bonds. The fourth-order valence-electron chi connectivity index (χ4n) is 3.09. The fraction of sp³-hybridized carbons (Fsp3) is 0.526. The number of nitrogens with zero attached hydrogens (tertiary/aromatic N) is 2. The van der Waals surface area contributed by atoms with Crippen LogP contribution in [0.4, 0.5) is 4.39 Å². The van der Waals surface area contributed by atoms with Crippen molar-refractivity contribution in [3.63, 3.8) is 0 Å². The van der Waals surface area contributed by atoms with Gasteiger partial charge in [0.25, 0.3) is 0 Å². The number of carbonyl (C=O) groups is 2. The van der Waals surface area contributed by atoms with Gasteiger partial charge >= 0.3 is 0 Å². The third-order valence-electron chi connectivity index (χ3n) is 4.63. The Bertz CT molecular complexity index is 663. The minimum atomic E-state index is -0.749. The lowest BCUT2D eigenvalue weighted by Crippen LogP contribution is -2.50. The van der Waals surface area contributed by atoms with Gasteiger partial charge in [0.15, 0.2) is 0 Å². The maximum atomic E-state index is 12.9. The minimum Gasteiger partial charge on any atom is -0.351 e. The summed E-state index contributed by atoms with van der Waals surface area (Å²) < 4.78 is 12.9. The monoisotopic (exact) mass is 360 g/mol. The normalized spacial score (nSPS) is 15.5. The van der Waals surface area contributed by atoms with E-state index in [-0.39, 0.29) is 30.7 Å². The molecule has 140 valence electrons. The van der Waals surface area contributed by atoms with Crippen molar-refractivity contribution in [2.24, 2.45) is 0 Å². The van der Waals surface area contributed by atoms with E-state index in [2.05, 4.69) is 16.7 Å². The summed E-state index contributed by atoms with van der Waals surface area (Å²) in [5.74, 6) is -0.762. The van der Waals surface area contributed by atoms with E-state index in [1.54, 1.807) is 17.0 Å². The number of carbonyl (C=O) groups excluding carboxylic acids is 2. The summed E-state index contributed by atoms with van der Waals surface area (Å²) in [7, 11) is 0.